The van der Waals surface area contributed by atoms with E-state index in [9.17, 15) is 15.2 Å². The molecule has 5 aromatic carbocycles. The summed E-state index contributed by atoms with van der Waals surface area (Å²) in [6, 6.07) is 45.1. The first-order valence-corrected chi connectivity index (χ1v) is 20.0. The molecule has 0 aromatic heterocycles. The van der Waals surface area contributed by atoms with Crippen molar-refractivity contribution in [3.63, 3.8) is 0 Å². The number of aliphatic hydroxyl groups is 1. The van der Waals surface area contributed by atoms with Crippen molar-refractivity contribution in [2.45, 2.75) is 95.6 Å². The van der Waals surface area contributed by atoms with E-state index >= 15 is 0 Å². The van der Waals surface area contributed by atoms with Gasteiger partial charge in [-0.15, -0.1) is 0 Å². The summed E-state index contributed by atoms with van der Waals surface area (Å²) in [5.41, 5.74) is 3.82. The Labute approximate surface area is 344 Å². The minimum atomic E-state index is -1.18. The van der Waals surface area contributed by atoms with Crippen LogP contribution in [0.25, 0.3) is 0 Å². The van der Waals surface area contributed by atoms with Crippen molar-refractivity contribution in [2.75, 3.05) is 6.61 Å². The molecule has 0 bridgehead atoms. The van der Waals surface area contributed by atoms with Crippen molar-refractivity contribution in [3.05, 3.63) is 178 Å². The maximum atomic E-state index is 12.0. The number of nitro groups is 1. The molecular weight excluding hydrogens is 755 g/mol. The van der Waals surface area contributed by atoms with Gasteiger partial charge in [-0.25, -0.2) is 0 Å². The number of ether oxygens (including phenoxy) is 8. The standard InChI is InChI=1S/C47H51NO11/c1-32-42(41(49)40(31-52-27-34-15-7-3-8-16-34)58-46(32)57-39-25-23-38(24-26-39)48(50)51)59-47-45(55-30-37-21-13-6-14-22-37)44(54-29-36-19-11-5-12-20-36)43(33(2)56-47)53-28-35-17-9-4-10-18-35/h3-26,32-33,40-47,49H,27-31H2,1-2H3. The molecule has 12 nitrogen and oxygen atoms in total. The second-order valence-corrected chi connectivity index (χ2v) is 14.9. The van der Waals surface area contributed by atoms with Crippen LogP contribution in [0.5, 0.6) is 5.75 Å². The Morgan fingerprint density at radius 3 is 1.56 bits per heavy atom. The van der Waals surface area contributed by atoms with E-state index in [1.54, 1.807) is 0 Å². The Balaban J connectivity index is 1.17. The van der Waals surface area contributed by atoms with Gasteiger partial charge in [0.05, 0.1) is 50.2 Å². The van der Waals surface area contributed by atoms with Crippen LogP contribution in [0.3, 0.4) is 0 Å². The normalized spacial score (nSPS) is 26.9. The quantitative estimate of drug-likeness (QED) is 0.0686. The van der Waals surface area contributed by atoms with E-state index < -0.39 is 66.1 Å². The molecule has 7 rings (SSSR count). The zero-order valence-electron chi connectivity index (χ0n) is 33.1. The van der Waals surface area contributed by atoms with Crippen LogP contribution in [-0.4, -0.2) is 71.9 Å². The van der Waals surface area contributed by atoms with Crippen LogP contribution in [-0.2, 0) is 59.6 Å². The van der Waals surface area contributed by atoms with Crippen LogP contribution in [0, 0.1) is 16.0 Å². The topological polar surface area (TPSA) is 137 Å². The zero-order chi connectivity index (χ0) is 41.0. The van der Waals surface area contributed by atoms with E-state index in [0.29, 0.717) is 19.0 Å². The molecule has 59 heavy (non-hydrogen) atoms. The maximum absolute atomic E-state index is 12.0. The minimum absolute atomic E-state index is 0.0246. The van der Waals surface area contributed by atoms with Gasteiger partial charge in [0.15, 0.2) is 6.29 Å². The molecular formula is C47H51NO11. The Hall–Kier alpha value is -5.02. The molecule has 0 saturated carbocycles. The van der Waals surface area contributed by atoms with E-state index in [1.807, 2.05) is 135 Å². The first kappa shape index (κ1) is 42.1. The summed E-state index contributed by atoms with van der Waals surface area (Å²) in [4.78, 5) is 10.9. The molecule has 0 aliphatic carbocycles. The number of nitrogens with zero attached hydrogens (tertiary/aromatic N) is 1. The summed E-state index contributed by atoms with van der Waals surface area (Å²) in [5, 5.41) is 23.4. The summed E-state index contributed by atoms with van der Waals surface area (Å²) < 4.78 is 52.5. The SMILES string of the molecule is CC1OC(OC2C(C)C(Oc3ccc([N+](=O)[O-])cc3)OC(COCc3ccccc3)C2O)C(OCc2ccccc2)C(OCc2ccccc2)C1OCc1ccccc1. The van der Waals surface area contributed by atoms with Crippen LogP contribution in [0.1, 0.15) is 36.1 Å². The van der Waals surface area contributed by atoms with E-state index in [1.165, 1.54) is 24.3 Å². The average Bonchev–Trinajstić information content (AvgIpc) is 3.26. The lowest BCUT2D eigenvalue weighted by Gasteiger charge is -2.49. The number of hydrogen-bond acceptors (Lipinski definition) is 11. The van der Waals surface area contributed by atoms with Crippen LogP contribution >= 0.6 is 0 Å². The molecule has 2 fully saturated rings. The molecule has 1 N–H and O–H groups in total. The van der Waals surface area contributed by atoms with Crippen molar-refractivity contribution < 1.29 is 47.9 Å². The first-order valence-electron chi connectivity index (χ1n) is 20.0. The van der Waals surface area contributed by atoms with Gasteiger partial charge in [0, 0.05) is 18.1 Å². The fourth-order valence-electron chi connectivity index (χ4n) is 7.31. The van der Waals surface area contributed by atoms with Gasteiger partial charge >= 0.3 is 0 Å². The van der Waals surface area contributed by atoms with E-state index in [0.717, 1.165) is 22.3 Å². The van der Waals surface area contributed by atoms with Gasteiger partial charge in [-0.05, 0) is 41.3 Å². The van der Waals surface area contributed by atoms with Crippen molar-refractivity contribution in [1.29, 1.82) is 0 Å². The molecule has 10 atom stereocenters. The third-order valence-electron chi connectivity index (χ3n) is 10.5. The predicted octanol–water partition coefficient (Wildman–Crippen LogP) is 7.80. The summed E-state index contributed by atoms with van der Waals surface area (Å²) in [5.74, 6) is -0.221. The second kappa shape index (κ2) is 20.8. The number of non-ortho nitro benzene ring substituents is 1. The van der Waals surface area contributed by atoms with Crippen LogP contribution < -0.4 is 4.74 Å². The average molecular weight is 806 g/mol. The van der Waals surface area contributed by atoms with Crippen LogP contribution in [0.4, 0.5) is 5.69 Å². The van der Waals surface area contributed by atoms with Crippen LogP contribution in [0.2, 0.25) is 0 Å². The molecule has 0 radical (unpaired) electrons. The number of benzene rings is 5. The highest BCUT2D eigenvalue weighted by Crippen LogP contribution is 2.36. The molecule has 2 saturated heterocycles. The lowest BCUT2D eigenvalue weighted by molar-refractivity contribution is -0.384. The Bertz CT molecular complexity index is 1990. The van der Waals surface area contributed by atoms with Gasteiger partial charge in [0.1, 0.15) is 36.3 Å². The molecule has 10 unspecified atom stereocenters. The zero-order valence-corrected chi connectivity index (χ0v) is 33.1. The number of nitro benzene ring substituents is 1. The van der Waals surface area contributed by atoms with E-state index in [4.69, 9.17) is 37.9 Å². The van der Waals surface area contributed by atoms with Gasteiger partial charge < -0.3 is 43.0 Å². The fraction of sp³-hybridized carbons (Fsp3) is 0.362. The third kappa shape index (κ3) is 11.4. The van der Waals surface area contributed by atoms with Gasteiger partial charge in [0.2, 0.25) is 6.29 Å². The Morgan fingerprint density at radius 2 is 1.05 bits per heavy atom. The summed E-state index contributed by atoms with van der Waals surface area (Å²) in [6.45, 7) is 4.93. The molecule has 2 aliphatic rings. The minimum Gasteiger partial charge on any atom is -0.465 e. The number of aliphatic hydroxyl groups excluding tert-OH is 1. The highest BCUT2D eigenvalue weighted by Gasteiger charge is 2.52. The van der Waals surface area contributed by atoms with Crippen molar-refractivity contribution in [2.24, 2.45) is 5.92 Å². The van der Waals surface area contributed by atoms with E-state index in [2.05, 4.69) is 0 Å². The second-order valence-electron chi connectivity index (χ2n) is 14.9. The number of rotatable bonds is 18. The fourth-order valence-corrected chi connectivity index (χ4v) is 7.31. The lowest BCUT2D eigenvalue weighted by Crippen LogP contribution is -2.63. The molecule has 0 spiro atoms. The predicted molar refractivity (Wildman–Crippen MR) is 218 cm³/mol. The summed E-state index contributed by atoms with van der Waals surface area (Å²) in [6.07, 6.45) is -7.50. The highest BCUT2D eigenvalue weighted by atomic mass is 16.7. The van der Waals surface area contributed by atoms with Gasteiger partial charge in [-0.1, -0.05) is 128 Å². The molecule has 0 amide bonds. The lowest BCUT2D eigenvalue weighted by atomic mass is 9.91. The van der Waals surface area contributed by atoms with Crippen molar-refractivity contribution in [3.8, 4) is 5.75 Å². The number of hydrogen-bond donors (Lipinski definition) is 1. The monoisotopic (exact) mass is 805 g/mol. The summed E-state index contributed by atoms with van der Waals surface area (Å²) in [7, 11) is 0. The van der Waals surface area contributed by atoms with Gasteiger partial charge in [0.25, 0.3) is 5.69 Å². The Kier molecular flexibility index (Phi) is 14.8. The Morgan fingerprint density at radius 1 is 0.576 bits per heavy atom. The molecule has 12 heteroatoms. The van der Waals surface area contributed by atoms with Crippen LogP contribution in [0.15, 0.2) is 146 Å². The van der Waals surface area contributed by atoms with Gasteiger partial charge in [-0.2, -0.15) is 0 Å². The van der Waals surface area contributed by atoms with Crippen molar-refractivity contribution in [1.82, 2.24) is 0 Å². The molecule has 2 aliphatic heterocycles. The smallest absolute Gasteiger partial charge is 0.269 e. The first-order chi connectivity index (χ1) is 28.8. The third-order valence-corrected chi connectivity index (χ3v) is 10.5. The van der Waals surface area contributed by atoms with E-state index in [-0.39, 0.29) is 25.5 Å². The molecule has 5 aromatic rings. The largest absolute Gasteiger partial charge is 0.465 e. The van der Waals surface area contributed by atoms with Crippen molar-refractivity contribution >= 4 is 5.69 Å². The summed E-state index contributed by atoms with van der Waals surface area (Å²) >= 11 is 0. The van der Waals surface area contributed by atoms with Gasteiger partial charge in [-0.3, -0.25) is 10.1 Å². The molecule has 2 heterocycles. The molecule has 310 valence electrons. The highest BCUT2D eigenvalue weighted by molar-refractivity contribution is 5.36. The maximum Gasteiger partial charge on any atom is 0.269 e.